The van der Waals surface area contributed by atoms with Gasteiger partial charge in [0.15, 0.2) is 18.3 Å². The van der Waals surface area contributed by atoms with Gasteiger partial charge >= 0.3 is 23.9 Å². The van der Waals surface area contributed by atoms with Crippen molar-refractivity contribution in [3.8, 4) is 0 Å². The normalized spacial score (nSPS) is 24.4. The smallest absolute Gasteiger partial charge is 0.329 e. The standard InChI is InChI=1S/C23H29NO10S/c1-12-18(32-13(2)25)19(33-14(3)26)20(34-15(4)27)23(31-12)35-11-17(22(29)30-5)24-21(28)16-9-7-6-8-10-16/h6-10,12,17-20,23H,11H2,1-5H3,(H,24,28). The third kappa shape index (κ3) is 8.25. The van der Waals surface area contributed by atoms with Crippen molar-refractivity contribution in [3.05, 3.63) is 35.9 Å². The second-order valence-electron chi connectivity index (χ2n) is 7.68. The van der Waals surface area contributed by atoms with Crippen LogP contribution in [0.4, 0.5) is 0 Å². The summed E-state index contributed by atoms with van der Waals surface area (Å²) in [7, 11) is 1.19. The molecule has 0 bridgehead atoms. The Kier molecular flexibility index (Phi) is 10.5. The highest BCUT2D eigenvalue weighted by atomic mass is 32.2. The maximum atomic E-state index is 12.6. The maximum Gasteiger partial charge on any atom is 0.329 e. The number of amides is 1. The van der Waals surface area contributed by atoms with Crippen molar-refractivity contribution in [1.29, 1.82) is 0 Å². The molecule has 1 heterocycles. The number of thioether (sulfide) groups is 1. The van der Waals surface area contributed by atoms with E-state index < -0.39 is 65.7 Å². The molecule has 1 N–H and O–H groups in total. The van der Waals surface area contributed by atoms with Crippen molar-refractivity contribution in [2.45, 2.75) is 63.6 Å². The molecular weight excluding hydrogens is 482 g/mol. The van der Waals surface area contributed by atoms with Crippen LogP contribution in [0.1, 0.15) is 38.1 Å². The summed E-state index contributed by atoms with van der Waals surface area (Å²) in [6, 6.07) is 7.26. The maximum absolute atomic E-state index is 12.6. The Balaban J connectivity index is 2.24. The lowest BCUT2D eigenvalue weighted by Crippen LogP contribution is -2.60. The van der Waals surface area contributed by atoms with Crippen LogP contribution in [0.15, 0.2) is 30.3 Å². The van der Waals surface area contributed by atoms with Crippen LogP contribution in [0.2, 0.25) is 0 Å². The van der Waals surface area contributed by atoms with Crippen LogP contribution in [0.25, 0.3) is 0 Å². The van der Waals surface area contributed by atoms with Crippen LogP contribution in [0, 0.1) is 0 Å². The van der Waals surface area contributed by atoms with Gasteiger partial charge in [0.1, 0.15) is 11.5 Å². The molecule has 6 atom stereocenters. The summed E-state index contributed by atoms with van der Waals surface area (Å²) in [6.07, 6.45) is -4.10. The van der Waals surface area contributed by atoms with Gasteiger partial charge in [0.25, 0.3) is 5.91 Å². The molecule has 12 heteroatoms. The summed E-state index contributed by atoms with van der Waals surface area (Å²) in [5.41, 5.74) is -0.572. The van der Waals surface area contributed by atoms with E-state index in [0.717, 1.165) is 11.8 Å². The van der Waals surface area contributed by atoms with Gasteiger partial charge in [-0.15, -0.1) is 11.8 Å². The van der Waals surface area contributed by atoms with Crippen molar-refractivity contribution < 1.29 is 47.7 Å². The van der Waals surface area contributed by atoms with Crippen molar-refractivity contribution in [1.82, 2.24) is 5.32 Å². The van der Waals surface area contributed by atoms with E-state index in [9.17, 15) is 24.0 Å². The minimum Gasteiger partial charge on any atom is -0.467 e. The fourth-order valence-electron chi connectivity index (χ4n) is 3.44. The Morgan fingerprint density at radius 3 is 2.00 bits per heavy atom. The van der Waals surface area contributed by atoms with Gasteiger partial charge in [-0.2, -0.15) is 0 Å². The predicted octanol–water partition coefficient (Wildman–Crippen LogP) is 1.23. The van der Waals surface area contributed by atoms with Crippen molar-refractivity contribution in [2.75, 3.05) is 12.9 Å². The topological polar surface area (TPSA) is 144 Å². The number of nitrogens with one attached hydrogen (secondary N) is 1. The lowest BCUT2D eigenvalue weighted by molar-refractivity contribution is -0.229. The van der Waals surface area contributed by atoms with Crippen molar-refractivity contribution >= 4 is 41.5 Å². The second-order valence-corrected chi connectivity index (χ2v) is 8.81. The van der Waals surface area contributed by atoms with Gasteiger partial charge < -0.3 is 29.0 Å². The summed E-state index contributed by atoms with van der Waals surface area (Å²) in [4.78, 5) is 60.2. The largest absolute Gasteiger partial charge is 0.467 e. The molecular formula is C23H29NO10S. The van der Waals surface area contributed by atoms with E-state index >= 15 is 0 Å². The molecule has 2 rings (SSSR count). The first kappa shape index (κ1) is 28.1. The van der Waals surface area contributed by atoms with Gasteiger partial charge in [-0.3, -0.25) is 19.2 Å². The molecule has 0 radical (unpaired) electrons. The number of carbonyl (C=O) groups excluding carboxylic acids is 5. The summed E-state index contributed by atoms with van der Waals surface area (Å²) in [5, 5.41) is 2.62. The third-order valence-corrected chi connectivity index (χ3v) is 6.12. The number of hydrogen-bond acceptors (Lipinski definition) is 11. The molecule has 11 nitrogen and oxygen atoms in total. The molecule has 1 amide bonds. The third-order valence-electron chi connectivity index (χ3n) is 4.89. The Hall–Kier alpha value is -3.12. The van der Waals surface area contributed by atoms with Crippen LogP contribution in [0.3, 0.4) is 0 Å². The van der Waals surface area contributed by atoms with Gasteiger partial charge in [-0.05, 0) is 19.1 Å². The number of benzene rings is 1. The zero-order valence-electron chi connectivity index (χ0n) is 20.0. The highest BCUT2D eigenvalue weighted by Crippen LogP contribution is 2.34. The molecule has 6 unspecified atom stereocenters. The first-order valence-corrected chi connectivity index (χ1v) is 11.8. The molecule has 1 aliphatic rings. The summed E-state index contributed by atoms with van der Waals surface area (Å²) >= 11 is 1.05. The average molecular weight is 512 g/mol. The summed E-state index contributed by atoms with van der Waals surface area (Å²) in [5.74, 6) is -3.19. The van der Waals surface area contributed by atoms with Gasteiger partial charge in [0, 0.05) is 32.1 Å². The second kappa shape index (κ2) is 13.1. The van der Waals surface area contributed by atoms with Gasteiger partial charge in [0.2, 0.25) is 0 Å². The molecule has 1 aromatic carbocycles. The molecule has 0 saturated carbocycles. The van der Waals surface area contributed by atoms with E-state index in [1.165, 1.54) is 27.9 Å². The minimum atomic E-state index is -1.16. The summed E-state index contributed by atoms with van der Waals surface area (Å²) < 4.78 is 26.8. The van der Waals surface area contributed by atoms with Crippen molar-refractivity contribution in [2.24, 2.45) is 0 Å². The van der Waals surface area contributed by atoms with Crippen LogP contribution in [-0.2, 0) is 42.9 Å². The Bertz CT molecular complexity index is 924. The highest BCUT2D eigenvalue weighted by Gasteiger charge is 2.50. The number of hydrogen-bond donors (Lipinski definition) is 1. The molecule has 1 saturated heterocycles. The number of rotatable bonds is 9. The zero-order chi connectivity index (χ0) is 26.1. The fraction of sp³-hybridized carbons (Fsp3) is 0.522. The molecule has 1 fully saturated rings. The minimum absolute atomic E-state index is 0.0224. The fourth-order valence-corrected chi connectivity index (χ4v) is 4.69. The first-order valence-electron chi connectivity index (χ1n) is 10.8. The van der Waals surface area contributed by atoms with Crippen molar-refractivity contribution in [3.63, 3.8) is 0 Å². The van der Waals surface area contributed by atoms with Crippen LogP contribution in [0.5, 0.6) is 0 Å². The van der Waals surface area contributed by atoms with Crippen LogP contribution in [-0.4, -0.2) is 78.5 Å². The predicted molar refractivity (Wildman–Crippen MR) is 123 cm³/mol. The molecule has 1 aliphatic heterocycles. The van der Waals surface area contributed by atoms with E-state index in [1.54, 1.807) is 37.3 Å². The lowest BCUT2D eigenvalue weighted by Gasteiger charge is -2.43. The number of esters is 4. The molecule has 0 spiro atoms. The van der Waals surface area contributed by atoms with Gasteiger partial charge in [0.05, 0.1) is 13.2 Å². The van der Waals surface area contributed by atoms with E-state index in [4.69, 9.17) is 23.7 Å². The SMILES string of the molecule is COC(=O)C(CSC1OC(C)C(OC(C)=O)C(OC(C)=O)C1OC(C)=O)NC(=O)c1ccccc1. The molecule has 0 aliphatic carbocycles. The van der Waals surface area contributed by atoms with E-state index in [-0.39, 0.29) is 5.75 Å². The number of methoxy groups -OCH3 is 1. The number of ether oxygens (including phenoxy) is 5. The van der Waals surface area contributed by atoms with Gasteiger partial charge in [-0.1, -0.05) is 18.2 Å². The van der Waals surface area contributed by atoms with Crippen LogP contribution >= 0.6 is 11.8 Å². The Morgan fingerprint density at radius 2 is 1.46 bits per heavy atom. The summed E-state index contributed by atoms with van der Waals surface area (Å²) in [6.45, 7) is 5.14. The molecule has 0 aromatic heterocycles. The molecule has 35 heavy (non-hydrogen) atoms. The zero-order valence-corrected chi connectivity index (χ0v) is 20.9. The van der Waals surface area contributed by atoms with E-state index in [0.29, 0.717) is 5.56 Å². The van der Waals surface area contributed by atoms with Gasteiger partial charge in [-0.25, -0.2) is 4.79 Å². The highest BCUT2D eigenvalue weighted by molar-refractivity contribution is 7.99. The van der Waals surface area contributed by atoms with E-state index in [2.05, 4.69) is 5.32 Å². The Morgan fingerprint density at radius 1 is 0.914 bits per heavy atom. The van der Waals surface area contributed by atoms with E-state index in [1.807, 2.05) is 0 Å². The Labute approximate surface area is 207 Å². The monoisotopic (exact) mass is 511 g/mol. The number of carbonyl (C=O) groups is 5. The average Bonchev–Trinajstić information content (AvgIpc) is 2.80. The quantitative estimate of drug-likeness (QED) is 0.378. The van der Waals surface area contributed by atoms with Crippen LogP contribution < -0.4 is 5.32 Å². The molecule has 192 valence electrons. The first-order chi connectivity index (χ1) is 16.5. The molecule has 1 aromatic rings. The lowest BCUT2D eigenvalue weighted by atomic mass is 10.00.